The number of carboxylic acid groups (broad SMARTS) is 1. The fourth-order valence-corrected chi connectivity index (χ4v) is 2.68. The topological polar surface area (TPSA) is 69.6 Å². The number of likely N-dealkylation sites (tertiary alicyclic amines) is 1. The molecule has 0 radical (unpaired) electrons. The molecule has 0 bridgehead atoms. The predicted molar refractivity (Wildman–Crippen MR) is 79.8 cm³/mol. The van der Waals surface area contributed by atoms with Crippen molar-refractivity contribution in [3.63, 3.8) is 0 Å². The Morgan fingerprint density at radius 1 is 1.24 bits per heavy atom. The first-order valence-corrected chi connectivity index (χ1v) is 7.41. The zero-order chi connectivity index (χ0) is 15.1. The molecule has 1 aromatic rings. The highest BCUT2D eigenvalue weighted by Gasteiger charge is 2.21. The zero-order valence-corrected chi connectivity index (χ0v) is 12.1. The Balaban J connectivity index is 1.78. The maximum atomic E-state index is 11.7. The number of hydrogen-bond donors (Lipinski definition) is 2. The van der Waals surface area contributed by atoms with Crippen molar-refractivity contribution >= 4 is 11.9 Å². The van der Waals surface area contributed by atoms with Gasteiger partial charge in [0, 0.05) is 25.6 Å². The van der Waals surface area contributed by atoms with Gasteiger partial charge in [0.05, 0.1) is 6.42 Å². The summed E-state index contributed by atoms with van der Waals surface area (Å²) in [6.07, 6.45) is 1.97. The summed E-state index contributed by atoms with van der Waals surface area (Å²) in [6.45, 7) is 2.76. The van der Waals surface area contributed by atoms with E-state index in [1.165, 1.54) is 5.56 Å². The number of rotatable bonds is 6. The Hall–Kier alpha value is -1.88. The van der Waals surface area contributed by atoms with E-state index in [0.29, 0.717) is 0 Å². The van der Waals surface area contributed by atoms with Crippen molar-refractivity contribution in [2.24, 2.45) is 0 Å². The Morgan fingerprint density at radius 3 is 2.71 bits per heavy atom. The van der Waals surface area contributed by atoms with Gasteiger partial charge in [0.1, 0.15) is 0 Å². The lowest BCUT2D eigenvalue weighted by atomic mass is 10.0. The standard InChI is InChI=1S/C16H22N2O3/c19-15(8-9-16(20)21)17-14-7-4-10-18(12-14)11-13-5-2-1-3-6-13/h1-3,5-6,14H,4,7-12H2,(H,17,19)(H,20,21). The van der Waals surface area contributed by atoms with Crippen LogP contribution in [0.3, 0.4) is 0 Å². The van der Waals surface area contributed by atoms with E-state index in [0.717, 1.165) is 32.5 Å². The van der Waals surface area contributed by atoms with Crippen molar-refractivity contribution in [3.05, 3.63) is 35.9 Å². The van der Waals surface area contributed by atoms with Crippen molar-refractivity contribution < 1.29 is 14.7 Å². The van der Waals surface area contributed by atoms with Gasteiger partial charge in [-0.3, -0.25) is 14.5 Å². The molecule has 21 heavy (non-hydrogen) atoms. The smallest absolute Gasteiger partial charge is 0.303 e. The van der Waals surface area contributed by atoms with Gasteiger partial charge in [-0.15, -0.1) is 0 Å². The van der Waals surface area contributed by atoms with Crippen LogP contribution in [0.5, 0.6) is 0 Å². The van der Waals surface area contributed by atoms with E-state index in [-0.39, 0.29) is 24.8 Å². The SMILES string of the molecule is O=C(O)CCC(=O)NC1CCCN(Cc2ccccc2)C1. The summed E-state index contributed by atoms with van der Waals surface area (Å²) in [7, 11) is 0. The molecule has 1 fully saturated rings. The summed E-state index contributed by atoms with van der Waals surface area (Å²) in [5, 5.41) is 11.5. The van der Waals surface area contributed by atoms with Crippen LogP contribution in [0.15, 0.2) is 30.3 Å². The molecule has 5 heteroatoms. The monoisotopic (exact) mass is 290 g/mol. The van der Waals surface area contributed by atoms with Crippen molar-refractivity contribution in [1.82, 2.24) is 10.2 Å². The molecule has 1 amide bonds. The first-order chi connectivity index (χ1) is 10.1. The van der Waals surface area contributed by atoms with E-state index >= 15 is 0 Å². The van der Waals surface area contributed by atoms with Crippen LogP contribution in [0, 0.1) is 0 Å². The van der Waals surface area contributed by atoms with Crippen LogP contribution in [-0.2, 0) is 16.1 Å². The lowest BCUT2D eigenvalue weighted by Crippen LogP contribution is -2.47. The first-order valence-electron chi connectivity index (χ1n) is 7.41. The number of carboxylic acids is 1. The molecular formula is C16H22N2O3. The third-order valence-electron chi connectivity index (χ3n) is 3.69. The molecule has 1 heterocycles. The molecule has 114 valence electrons. The zero-order valence-electron chi connectivity index (χ0n) is 12.1. The summed E-state index contributed by atoms with van der Waals surface area (Å²) in [5.41, 5.74) is 1.27. The average molecular weight is 290 g/mol. The van der Waals surface area contributed by atoms with Crippen molar-refractivity contribution in [2.75, 3.05) is 13.1 Å². The highest BCUT2D eigenvalue weighted by Crippen LogP contribution is 2.14. The third-order valence-corrected chi connectivity index (χ3v) is 3.69. The summed E-state index contributed by atoms with van der Waals surface area (Å²) in [5.74, 6) is -1.09. The third kappa shape index (κ3) is 5.55. The molecule has 5 nitrogen and oxygen atoms in total. The summed E-state index contributed by atoms with van der Waals surface area (Å²) < 4.78 is 0. The molecule has 1 unspecified atom stereocenters. The number of aliphatic carboxylic acids is 1. The molecule has 1 atom stereocenters. The minimum Gasteiger partial charge on any atom is -0.481 e. The molecule has 1 aliphatic rings. The van der Waals surface area contributed by atoms with E-state index in [9.17, 15) is 9.59 Å². The van der Waals surface area contributed by atoms with Crippen molar-refractivity contribution in [2.45, 2.75) is 38.3 Å². The number of hydrogen-bond acceptors (Lipinski definition) is 3. The van der Waals surface area contributed by atoms with Gasteiger partial charge in [-0.2, -0.15) is 0 Å². The Kier molecular flexibility index (Phi) is 5.75. The Morgan fingerprint density at radius 2 is 2.00 bits per heavy atom. The maximum absolute atomic E-state index is 11.7. The van der Waals surface area contributed by atoms with Crippen LogP contribution in [0.4, 0.5) is 0 Å². The Labute approximate surface area is 125 Å². The molecular weight excluding hydrogens is 268 g/mol. The number of carbonyl (C=O) groups is 2. The highest BCUT2D eigenvalue weighted by atomic mass is 16.4. The van der Waals surface area contributed by atoms with E-state index < -0.39 is 5.97 Å². The van der Waals surface area contributed by atoms with Gasteiger partial charge in [-0.25, -0.2) is 0 Å². The van der Waals surface area contributed by atoms with Gasteiger partial charge in [0.25, 0.3) is 0 Å². The van der Waals surface area contributed by atoms with Crippen LogP contribution in [-0.4, -0.2) is 41.0 Å². The van der Waals surface area contributed by atoms with Gasteiger partial charge in [-0.1, -0.05) is 30.3 Å². The largest absolute Gasteiger partial charge is 0.481 e. The molecule has 1 aliphatic heterocycles. The average Bonchev–Trinajstić information content (AvgIpc) is 2.46. The van der Waals surface area contributed by atoms with Crippen molar-refractivity contribution in [3.8, 4) is 0 Å². The number of amides is 1. The number of nitrogens with one attached hydrogen (secondary N) is 1. The Bertz CT molecular complexity index is 476. The molecule has 1 saturated heterocycles. The molecule has 0 saturated carbocycles. The lowest BCUT2D eigenvalue weighted by molar-refractivity contribution is -0.139. The molecule has 2 N–H and O–H groups in total. The summed E-state index contributed by atoms with van der Waals surface area (Å²) in [6, 6.07) is 10.4. The summed E-state index contributed by atoms with van der Waals surface area (Å²) in [4.78, 5) is 24.5. The van der Waals surface area contributed by atoms with E-state index in [4.69, 9.17) is 5.11 Å². The summed E-state index contributed by atoms with van der Waals surface area (Å²) >= 11 is 0. The quantitative estimate of drug-likeness (QED) is 0.835. The number of carbonyl (C=O) groups excluding carboxylic acids is 1. The number of nitrogens with zero attached hydrogens (tertiary/aromatic N) is 1. The molecule has 1 aromatic carbocycles. The molecule has 0 aromatic heterocycles. The predicted octanol–water partition coefficient (Wildman–Crippen LogP) is 1.63. The second-order valence-electron chi connectivity index (χ2n) is 5.52. The minimum absolute atomic E-state index is 0.0600. The fourth-order valence-electron chi connectivity index (χ4n) is 2.68. The fraction of sp³-hybridized carbons (Fsp3) is 0.500. The van der Waals surface area contributed by atoms with Gasteiger partial charge in [-0.05, 0) is 24.9 Å². The van der Waals surface area contributed by atoms with Crippen LogP contribution in [0.25, 0.3) is 0 Å². The van der Waals surface area contributed by atoms with E-state index in [1.54, 1.807) is 0 Å². The van der Waals surface area contributed by atoms with Gasteiger partial charge >= 0.3 is 5.97 Å². The first kappa shape index (κ1) is 15.5. The van der Waals surface area contributed by atoms with Crippen LogP contribution in [0.2, 0.25) is 0 Å². The van der Waals surface area contributed by atoms with Gasteiger partial charge in [0.15, 0.2) is 0 Å². The van der Waals surface area contributed by atoms with E-state index in [2.05, 4.69) is 22.3 Å². The second-order valence-corrected chi connectivity index (χ2v) is 5.52. The van der Waals surface area contributed by atoms with Crippen molar-refractivity contribution in [1.29, 1.82) is 0 Å². The van der Waals surface area contributed by atoms with Crippen LogP contribution >= 0.6 is 0 Å². The number of piperidine rings is 1. The minimum atomic E-state index is -0.931. The van der Waals surface area contributed by atoms with E-state index in [1.807, 2.05) is 18.2 Å². The maximum Gasteiger partial charge on any atom is 0.303 e. The number of benzene rings is 1. The highest BCUT2D eigenvalue weighted by molar-refractivity contribution is 5.80. The normalized spacial score (nSPS) is 19.1. The van der Waals surface area contributed by atoms with Gasteiger partial charge < -0.3 is 10.4 Å². The molecule has 0 spiro atoms. The second kappa shape index (κ2) is 7.78. The van der Waals surface area contributed by atoms with Crippen LogP contribution < -0.4 is 5.32 Å². The lowest BCUT2D eigenvalue weighted by Gasteiger charge is -2.33. The van der Waals surface area contributed by atoms with Gasteiger partial charge in [0.2, 0.25) is 5.91 Å². The molecule has 2 rings (SSSR count). The van der Waals surface area contributed by atoms with Crippen LogP contribution in [0.1, 0.15) is 31.2 Å². The molecule has 0 aliphatic carbocycles.